The molecule has 2 aromatic carbocycles. The van der Waals surface area contributed by atoms with Crippen molar-refractivity contribution in [2.24, 2.45) is 0 Å². The SMILES string of the molecule is COC(=O)c1cc(C(=S)OC)cc(-c2ccc(O)c(C#N)c2)c1. The molecule has 0 heterocycles. The van der Waals surface area contributed by atoms with E-state index < -0.39 is 5.97 Å². The highest BCUT2D eigenvalue weighted by molar-refractivity contribution is 7.80. The molecule has 0 aliphatic rings. The van der Waals surface area contributed by atoms with E-state index >= 15 is 0 Å². The fraction of sp³-hybridized carbons (Fsp3) is 0.118. The molecule has 6 heteroatoms. The fourth-order valence-corrected chi connectivity index (χ4v) is 2.19. The van der Waals surface area contributed by atoms with Crippen molar-refractivity contribution in [2.75, 3.05) is 14.2 Å². The van der Waals surface area contributed by atoms with Crippen LogP contribution in [0.2, 0.25) is 0 Å². The van der Waals surface area contributed by atoms with E-state index in [9.17, 15) is 9.90 Å². The van der Waals surface area contributed by atoms with Crippen LogP contribution in [-0.4, -0.2) is 30.3 Å². The average molecular weight is 327 g/mol. The van der Waals surface area contributed by atoms with E-state index in [1.54, 1.807) is 24.3 Å². The largest absolute Gasteiger partial charge is 0.507 e. The van der Waals surface area contributed by atoms with Gasteiger partial charge in [0.25, 0.3) is 0 Å². The fourth-order valence-electron chi connectivity index (χ4n) is 2.07. The number of methoxy groups -OCH3 is 2. The van der Waals surface area contributed by atoms with E-state index in [1.807, 2.05) is 6.07 Å². The number of thiocarbonyl (C=S) groups is 1. The third-order valence-corrected chi connectivity index (χ3v) is 3.63. The molecule has 0 aliphatic heterocycles. The van der Waals surface area contributed by atoms with E-state index in [0.29, 0.717) is 22.3 Å². The third-order valence-electron chi connectivity index (χ3n) is 3.23. The molecule has 0 fully saturated rings. The number of carbonyl (C=O) groups is 1. The van der Waals surface area contributed by atoms with Crippen LogP contribution in [0.1, 0.15) is 21.5 Å². The molecule has 0 unspecified atom stereocenters. The zero-order valence-electron chi connectivity index (χ0n) is 12.5. The maximum atomic E-state index is 11.8. The summed E-state index contributed by atoms with van der Waals surface area (Å²) in [6.45, 7) is 0. The van der Waals surface area contributed by atoms with Gasteiger partial charge < -0.3 is 14.6 Å². The first-order valence-electron chi connectivity index (χ1n) is 6.55. The van der Waals surface area contributed by atoms with Crippen LogP contribution in [0, 0.1) is 11.3 Å². The van der Waals surface area contributed by atoms with Crippen molar-refractivity contribution in [3.05, 3.63) is 53.1 Å². The minimum Gasteiger partial charge on any atom is -0.507 e. The molecule has 0 aromatic heterocycles. The quantitative estimate of drug-likeness (QED) is 0.689. The minimum atomic E-state index is -0.508. The van der Waals surface area contributed by atoms with E-state index in [0.717, 1.165) is 0 Å². The number of esters is 1. The summed E-state index contributed by atoms with van der Waals surface area (Å²) in [5.74, 6) is -0.612. The lowest BCUT2D eigenvalue weighted by Crippen LogP contribution is -2.06. The molecule has 0 saturated carbocycles. The molecule has 0 saturated heterocycles. The monoisotopic (exact) mass is 327 g/mol. The van der Waals surface area contributed by atoms with Gasteiger partial charge in [0.05, 0.1) is 25.3 Å². The van der Waals surface area contributed by atoms with E-state index in [4.69, 9.17) is 27.0 Å². The second-order valence-corrected chi connectivity index (χ2v) is 5.00. The zero-order valence-corrected chi connectivity index (χ0v) is 13.3. The van der Waals surface area contributed by atoms with Crippen LogP contribution >= 0.6 is 12.2 Å². The number of carbonyl (C=O) groups excluding carboxylic acids is 1. The number of ether oxygens (including phenoxy) is 2. The number of nitrogens with zero attached hydrogens (tertiary/aromatic N) is 1. The number of rotatable bonds is 3. The number of benzene rings is 2. The van der Waals surface area contributed by atoms with Crippen molar-refractivity contribution in [1.82, 2.24) is 0 Å². The van der Waals surface area contributed by atoms with Gasteiger partial charge in [-0.15, -0.1) is 0 Å². The molecule has 2 rings (SSSR count). The summed E-state index contributed by atoms with van der Waals surface area (Å²) in [6, 6.07) is 11.5. The number of aromatic hydroxyl groups is 1. The Morgan fingerprint density at radius 3 is 2.39 bits per heavy atom. The van der Waals surface area contributed by atoms with Gasteiger partial charge in [-0.1, -0.05) is 6.07 Å². The molecule has 0 spiro atoms. The molecule has 0 aliphatic carbocycles. The van der Waals surface area contributed by atoms with E-state index in [-0.39, 0.29) is 16.4 Å². The van der Waals surface area contributed by atoms with Crippen molar-refractivity contribution < 1.29 is 19.4 Å². The number of nitriles is 1. The Bertz CT molecular complexity index is 790. The number of phenolic OH excluding ortho intramolecular Hbond substituents is 1. The average Bonchev–Trinajstić information content (AvgIpc) is 2.60. The highest BCUT2D eigenvalue weighted by Crippen LogP contribution is 2.28. The molecule has 116 valence electrons. The lowest BCUT2D eigenvalue weighted by atomic mass is 9.98. The van der Waals surface area contributed by atoms with Crippen LogP contribution in [0.15, 0.2) is 36.4 Å². The Labute approximate surface area is 138 Å². The molecule has 5 nitrogen and oxygen atoms in total. The van der Waals surface area contributed by atoms with Gasteiger partial charge in [-0.25, -0.2) is 4.79 Å². The Balaban J connectivity index is 2.64. The molecular formula is C17H13NO4S. The first-order chi connectivity index (χ1) is 11.0. The van der Waals surface area contributed by atoms with E-state index in [1.165, 1.54) is 26.4 Å². The molecule has 0 amide bonds. The standard InChI is InChI=1S/C17H13NO4S/c1-21-16(20)12-6-11(7-13(8-12)17(23)22-2)10-3-4-15(19)14(5-10)9-18/h3-8,19H,1-2H3. The summed E-state index contributed by atoms with van der Waals surface area (Å²) in [4.78, 5) is 11.8. The summed E-state index contributed by atoms with van der Waals surface area (Å²) in [5.41, 5.74) is 2.31. The second-order valence-electron chi connectivity index (χ2n) is 4.63. The normalized spacial score (nSPS) is 9.78. The first-order valence-corrected chi connectivity index (χ1v) is 6.96. The molecule has 0 bridgehead atoms. The van der Waals surface area contributed by atoms with E-state index in [2.05, 4.69) is 0 Å². The van der Waals surface area contributed by atoms with Crippen LogP contribution < -0.4 is 0 Å². The first kappa shape index (κ1) is 16.5. The van der Waals surface area contributed by atoms with Crippen LogP contribution in [-0.2, 0) is 9.47 Å². The Hall–Kier alpha value is -2.91. The lowest BCUT2D eigenvalue weighted by molar-refractivity contribution is 0.0600. The number of phenols is 1. The molecule has 0 radical (unpaired) electrons. The Morgan fingerprint density at radius 2 is 1.78 bits per heavy atom. The summed E-state index contributed by atoms with van der Waals surface area (Å²) < 4.78 is 9.79. The van der Waals surface area contributed by atoms with Crippen LogP contribution in [0.3, 0.4) is 0 Å². The van der Waals surface area contributed by atoms with Gasteiger partial charge >= 0.3 is 5.97 Å². The van der Waals surface area contributed by atoms with Crippen molar-refractivity contribution in [2.45, 2.75) is 0 Å². The van der Waals surface area contributed by atoms with Gasteiger partial charge in [-0.3, -0.25) is 0 Å². The molecule has 0 atom stereocenters. The molecule has 2 aromatic rings. The summed E-state index contributed by atoms with van der Waals surface area (Å²) in [6.07, 6.45) is 0. The van der Waals surface area contributed by atoms with Gasteiger partial charge in [0.1, 0.15) is 11.8 Å². The van der Waals surface area contributed by atoms with Crippen molar-refractivity contribution in [1.29, 1.82) is 5.26 Å². The zero-order chi connectivity index (χ0) is 17.0. The summed E-state index contributed by atoms with van der Waals surface area (Å²) in [5, 5.41) is 18.9. The maximum Gasteiger partial charge on any atom is 0.337 e. The second kappa shape index (κ2) is 6.90. The van der Waals surface area contributed by atoms with Crippen molar-refractivity contribution in [3.63, 3.8) is 0 Å². The van der Waals surface area contributed by atoms with Gasteiger partial charge in [0.15, 0.2) is 5.05 Å². The Morgan fingerprint density at radius 1 is 1.09 bits per heavy atom. The maximum absolute atomic E-state index is 11.8. The topological polar surface area (TPSA) is 79.6 Å². The molecule has 1 N–H and O–H groups in total. The summed E-state index contributed by atoms with van der Waals surface area (Å²) in [7, 11) is 2.73. The van der Waals surface area contributed by atoms with Gasteiger partial charge in [-0.2, -0.15) is 5.26 Å². The smallest absolute Gasteiger partial charge is 0.337 e. The van der Waals surface area contributed by atoms with Gasteiger partial charge in [0, 0.05) is 5.56 Å². The minimum absolute atomic E-state index is 0.104. The van der Waals surface area contributed by atoms with Crippen molar-refractivity contribution >= 4 is 23.2 Å². The predicted molar refractivity (Wildman–Crippen MR) is 88.3 cm³/mol. The number of hydrogen-bond acceptors (Lipinski definition) is 6. The summed E-state index contributed by atoms with van der Waals surface area (Å²) >= 11 is 5.12. The van der Waals surface area contributed by atoms with Crippen LogP contribution in [0.4, 0.5) is 0 Å². The van der Waals surface area contributed by atoms with Crippen LogP contribution in [0.25, 0.3) is 11.1 Å². The van der Waals surface area contributed by atoms with Crippen molar-refractivity contribution in [3.8, 4) is 22.9 Å². The van der Waals surface area contributed by atoms with Gasteiger partial charge in [-0.05, 0) is 53.7 Å². The molecular weight excluding hydrogens is 314 g/mol. The highest BCUT2D eigenvalue weighted by Gasteiger charge is 2.13. The van der Waals surface area contributed by atoms with Crippen LogP contribution in [0.5, 0.6) is 5.75 Å². The van der Waals surface area contributed by atoms with Gasteiger partial charge in [0.2, 0.25) is 0 Å². The molecule has 23 heavy (non-hydrogen) atoms. The highest BCUT2D eigenvalue weighted by atomic mass is 32.1. The number of hydrogen-bond donors (Lipinski definition) is 1. The lowest BCUT2D eigenvalue weighted by Gasteiger charge is -2.10. The Kier molecular flexibility index (Phi) is 4.94. The predicted octanol–water partition coefficient (Wildman–Crippen LogP) is 3.04. The third kappa shape index (κ3) is 3.47.